The molecule has 1 rings (SSSR count). The molecule has 0 unspecified atom stereocenters. The molecule has 1 heterocycles. The Balaban J connectivity index is 3.01. The molecule has 50 valence electrons. The third-order valence-electron chi connectivity index (χ3n) is 0.948. The molecule has 4 heteroatoms. The van der Waals surface area contributed by atoms with Crippen LogP contribution in [0.2, 0.25) is 0 Å². The molecule has 0 spiro atoms. The number of nitrogens with zero attached hydrogens (tertiary/aromatic N) is 2. The average molecular weight is 152 g/mol. The first-order valence-electron chi connectivity index (χ1n) is 2.53. The van der Waals surface area contributed by atoms with Crippen LogP contribution in [-0.2, 0) is 0 Å². The van der Waals surface area contributed by atoms with E-state index < -0.39 is 0 Å². The van der Waals surface area contributed by atoms with Gasteiger partial charge in [0.15, 0.2) is 0 Å². The Morgan fingerprint density at radius 3 is 3.00 bits per heavy atom. The summed E-state index contributed by atoms with van der Waals surface area (Å²) in [5.74, 6) is 0. The molecule has 0 aliphatic heterocycles. The lowest BCUT2D eigenvalue weighted by atomic mass is 10.3. The molecule has 0 aliphatic rings. The largest absolute Gasteiger partial charge is 0.325 e. The zero-order valence-corrected chi connectivity index (χ0v) is 5.80. The number of pyridine rings is 1. The molecule has 0 saturated heterocycles. The molecule has 0 atom stereocenters. The minimum Gasteiger partial charge on any atom is -0.325 e. The predicted octanol–water partition coefficient (Wildman–Crippen LogP) is 1.52. The normalized spacial score (nSPS) is 8.80. The number of hydrogen-bond acceptors (Lipinski definition) is 4. The zero-order chi connectivity index (χ0) is 7.40. The average Bonchev–Trinajstić information content (AvgIpc) is 2.05. The fraction of sp³-hybridized carbons (Fsp3) is 0. The fourth-order valence-electron chi connectivity index (χ4n) is 0.530. The van der Waals surface area contributed by atoms with Crippen LogP contribution in [0.3, 0.4) is 0 Å². The van der Waals surface area contributed by atoms with Crippen molar-refractivity contribution < 1.29 is 4.55 Å². The van der Waals surface area contributed by atoms with Gasteiger partial charge in [0.25, 0.3) is 0 Å². The summed E-state index contributed by atoms with van der Waals surface area (Å²) in [6, 6.07) is 3.48. The van der Waals surface area contributed by atoms with E-state index in [1.165, 1.54) is 12.4 Å². The highest BCUT2D eigenvalue weighted by atomic mass is 32.2. The first-order chi connectivity index (χ1) is 4.86. The van der Waals surface area contributed by atoms with E-state index in [9.17, 15) is 0 Å². The molecule has 0 fully saturated rings. The van der Waals surface area contributed by atoms with Crippen LogP contribution >= 0.6 is 12.0 Å². The highest BCUT2D eigenvalue weighted by molar-refractivity contribution is 7.93. The van der Waals surface area contributed by atoms with E-state index in [0.29, 0.717) is 22.5 Å². The Labute approximate surface area is 62.5 Å². The van der Waals surface area contributed by atoms with Gasteiger partial charge in [0.05, 0.1) is 10.5 Å². The van der Waals surface area contributed by atoms with Gasteiger partial charge in [0, 0.05) is 24.4 Å². The van der Waals surface area contributed by atoms with E-state index in [2.05, 4.69) is 4.98 Å². The van der Waals surface area contributed by atoms with Crippen molar-refractivity contribution >= 4 is 12.0 Å². The summed E-state index contributed by atoms with van der Waals surface area (Å²) in [5.41, 5.74) is 0.457. The molecule has 0 saturated carbocycles. The van der Waals surface area contributed by atoms with Gasteiger partial charge in [0.1, 0.15) is 6.07 Å². The number of hydrogen-bond donors (Lipinski definition) is 1. The van der Waals surface area contributed by atoms with Gasteiger partial charge >= 0.3 is 0 Å². The van der Waals surface area contributed by atoms with Crippen molar-refractivity contribution in [1.29, 1.82) is 5.26 Å². The number of rotatable bonds is 1. The van der Waals surface area contributed by atoms with E-state index in [1.807, 2.05) is 6.07 Å². The summed E-state index contributed by atoms with van der Waals surface area (Å²) in [7, 11) is 0. The molecule has 0 aliphatic carbocycles. The van der Waals surface area contributed by atoms with Crippen LogP contribution in [0.4, 0.5) is 0 Å². The lowest BCUT2D eigenvalue weighted by Gasteiger charge is -1.90. The molecule has 0 aromatic carbocycles. The van der Waals surface area contributed by atoms with Gasteiger partial charge in [-0.3, -0.25) is 4.98 Å². The topological polar surface area (TPSA) is 56.9 Å². The molecule has 1 aromatic heterocycles. The molecule has 0 bridgehead atoms. The Kier molecular flexibility index (Phi) is 2.26. The van der Waals surface area contributed by atoms with E-state index in [-0.39, 0.29) is 0 Å². The van der Waals surface area contributed by atoms with Crippen LogP contribution in [0, 0.1) is 11.3 Å². The first kappa shape index (κ1) is 7.06. The second kappa shape index (κ2) is 3.20. The second-order valence-corrected chi connectivity index (χ2v) is 2.27. The summed E-state index contributed by atoms with van der Waals surface area (Å²) in [6.07, 6.45) is 2.94. The summed E-state index contributed by atoms with van der Waals surface area (Å²) < 4.78 is 8.52. The lowest BCUT2D eigenvalue weighted by Crippen LogP contribution is -1.78. The fourth-order valence-corrected chi connectivity index (χ4v) is 0.818. The Bertz CT molecular complexity index is 269. The quantitative estimate of drug-likeness (QED) is 0.620. The highest BCUT2D eigenvalue weighted by Crippen LogP contribution is 2.12. The maximum Gasteiger partial charge on any atom is 0.101 e. The van der Waals surface area contributed by atoms with E-state index in [0.717, 1.165) is 0 Å². The molecule has 0 radical (unpaired) electrons. The van der Waals surface area contributed by atoms with Crippen LogP contribution in [0.25, 0.3) is 0 Å². The molecular weight excluding hydrogens is 148 g/mol. The summed E-state index contributed by atoms with van der Waals surface area (Å²) >= 11 is 0.585. The summed E-state index contributed by atoms with van der Waals surface area (Å²) in [6.45, 7) is 0. The predicted molar refractivity (Wildman–Crippen MR) is 37.4 cm³/mol. The molecule has 3 nitrogen and oxygen atoms in total. The monoisotopic (exact) mass is 152 g/mol. The Morgan fingerprint density at radius 2 is 2.40 bits per heavy atom. The van der Waals surface area contributed by atoms with Crippen LogP contribution < -0.4 is 0 Å². The van der Waals surface area contributed by atoms with Crippen LogP contribution in [-0.4, -0.2) is 9.54 Å². The lowest BCUT2D eigenvalue weighted by molar-refractivity contribution is 0.663. The van der Waals surface area contributed by atoms with Gasteiger partial charge in [-0.1, -0.05) is 0 Å². The molecule has 1 N–H and O–H groups in total. The van der Waals surface area contributed by atoms with Crippen molar-refractivity contribution in [3.8, 4) is 6.07 Å². The molecular formula is C6H4N2OS. The minimum absolute atomic E-state index is 0.457. The SMILES string of the molecule is N#Cc1cncc(SO)c1. The number of nitriles is 1. The summed E-state index contributed by atoms with van der Waals surface area (Å²) in [4.78, 5) is 4.31. The van der Waals surface area contributed by atoms with Crippen molar-refractivity contribution in [1.82, 2.24) is 4.98 Å². The van der Waals surface area contributed by atoms with Gasteiger partial charge in [-0.15, -0.1) is 0 Å². The van der Waals surface area contributed by atoms with Crippen molar-refractivity contribution in [2.45, 2.75) is 4.90 Å². The zero-order valence-electron chi connectivity index (χ0n) is 4.98. The maximum atomic E-state index is 8.52. The van der Waals surface area contributed by atoms with Gasteiger partial charge in [-0.2, -0.15) is 5.26 Å². The van der Waals surface area contributed by atoms with Crippen LogP contribution in [0.1, 0.15) is 5.56 Å². The maximum absolute atomic E-state index is 8.52. The van der Waals surface area contributed by atoms with Gasteiger partial charge in [-0.05, 0) is 6.07 Å². The summed E-state index contributed by atoms with van der Waals surface area (Å²) in [5, 5.41) is 8.38. The molecule has 10 heavy (non-hydrogen) atoms. The van der Waals surface area contributed by atoms with Gasteiger partial charge < -0.3 is 4.55 Å². The van der Waals surface area contributed by atoms with Crippen LogP contribution in [0.15, 0.2) is 23.4 Å². The highest BCUT2D eigenvalue weighted by Gasteiger charge is 1.93. The molecule has 1 aromatic rings. The standard InChI is InChI=1S/C6H4N2OS/c7-2-5-1-6(10-9)4-8-3-5/h1,3-4,9H. The molecule has 0 amide bonds. The Hall–Kier alpha value is -1.05. The minimum atomic E-state index is 0.457. The van der Waals surface area contributed by atoms with Gasteiger partial charge in [-0.25, -0.2) is 0 Å². The van der Waals surface area contributed by atoms with Crippen molar-refractivity contribution in [2.24, 2.45) is 0 Å². The van der Waals surface area contributed by atoms with E-state index in [1.54, 1.807) is 6.07 Å². The third kappa shape index (κ3) is 1.47. The van der Waals surface area contributed by atoms with Gasteiger partial charge in [0.2, 0.25) is 0 Å². The van der Waals surface area contributed by atoms with E-state index in [4.69, 9.17) is 9.81 Å². The Morgan fingerprint density at radius 1 is 1.60 bits per heavy atom. The third-order valence-corrected chi connectivity index (χ3v) is 1.38. The van der Waals surface area contributed by atoms with Crippen molar-refractivity contribution in [3.05, 3.63) is 24.0 Å². The van der Waals surface area contributed by atoms with Crippen LogP contribution in [0.5, 0.6) is 0 Å². The smallest absolute Gasteiger partial charge is 0.101 e. The first-order valence-corrected chi connectivity index (χ1v) is 3.30. The number of aromatic nitrogens is 1. The van der Waals surface area contributed by atoms with E-state index >= 15 is 0 Å². The van der Waals surface area contributed by atoms with Crippen molar-refractivity contribution in [2.75, 3.05) is 0 Å². The second-order valence-electron chi connectivity index (χ2n) is 1.61. The van der Waals surface area contributed by atoms with Crippen molar-refractivity contribution in [3.63, 3.8) is 0 Å².